The molecule has 0 bridgehead atoms. The fourth-order valence-corrected chi connectivity index (χ4v) is 2.02. The summed E-state index contributed by atoms with van der Waals surface area (Å²) in [5.41, 5.74) is 5.62. The Morgan fingerprint density at radius 1 is 1.42 bits per heavy atom. The fourth-order valence-electron chi connectivity index (χ4n) is 2.02. The molecule has 0 fully saturated rings. The number of nitrogens with one attached hydrogen (secondary N) is 1. The molecular formula is C14H24N4O. The molecule has 1 rings (SSSR count). The van der Waals surface area contributed by atoms with E-state index in [1.165, 1.54) is 6.20 Å². The Balaban J connectivity index is 2.69. The molecule has 1 aromatic rings. The third-order valence-electron chi connectivity index (χ3n) is 2.74. The first kappa shape index (κ1) is 15.4. The van der Waals surface area contributed by atoms with Gasteiger partial charge in [-0.25, -0.2) is 4.98 Å². The second kappa shape index (κ2) is 7.09. The lowest BCUT2D eigenvalue weighted by Crippen LogP contribution is -2.33. The number of carbonyl (C=O) groups excluding carboxylic acids is 1. The normalized spacial score (nSPS) is 12.7. The average molecular weight is 264 g/mol. The zero-order valence-corrected chi connectivity index (χ0v) is 12.2. The van der Waals surface area contributed by atoms with Gasteiger partial charge in [0.05, 0.1) is 5.56 Å². The van der Waals surface area contributed by atoms with Gasteiger partial charge in [0.15, 0.2) is 0 Å². The highest BCUT2D eigenvalue weighted by Gasteiger charge is 2.12. The number of hydrogen-bond donors (Lipinski definition) is 2. The number of hydrogen-bond acceptors (Lipinski definition) is 4. The lowest BCUT2D eigenvalue weighted by molar-refractivity contribution is 0.1000. The molecule has 0 aliphatic heterocycles. The molecule has 0 aromatic carbocycles. The van der Waals surface area contributed by atoms with Gasteiger partial charge in [0.2, 0.25) is 5.91 Å². The molecule has 0 spiro atoms. The third kappa shape index (κ3) is 5.70. The first-order chi connectivity index (χ1) is 8.88. The predicted molar refractivity (Wildman–Crippen MR) is 78.2 cm³/mol. The highest BCUT2D eigenvalue weighted by atomic mass is 16.1. The summed E-state index contributed by atoms with van der Waals surface area (Å²) in [5, 5.41) is 3.40. The van der Waals surface area contributed by atoms with Gasteiger partial charge in [0.1, 0.15) is 5.82 Å². The molecule has 0 saturated heterocycles. The number of primary amides is 1. The number of rotatable bonds is 7. The number of nitrogens with zero attached hydrogens (tertiary/aromatic N) is 2. The van der Waals surface area contributed by atoms with Crippen LogP contribution in [0.1, 0.15) is 30.6 Å². The number of aromatic nitrogens is 1. The fraction of sp³-hybridized carbons (Fsp3) is 0.571. The van der Waals surface area contributed by atoms with Crippen LogP contribution in [0.3, 0.4) is 0 Å². The number of amides is 1. The number of carbonyl (C=O) groups is 1. The van der Waals surface area contributed by atoms with Crippen molar-refractivity contribution in [3.05, 3.63) is 23.9 Å². The number of likely N-dealkylation sites (N-methyl/N-ethyl adjacent to an activating group) is 1. The minimum atomic E-state index is -0.453. The van der Waals surface area contributed by atoms with Crippen LogP contribution in [0.25, 0.3) is 0 Å². The monoisotopic (exact) mass is 264 g/mol. The van der Waals surface area contributed by atoms with Crippen molar-refractivity contribution in [1.82, 2.24) is 9.88 Å². The van der Waals surface area contributed by atoms with Crippen molar-refractivity contribution in [2.24, 2.45) is 11.7 Å². The molecule has 1 unspecified atom stereocenters. The van der Waals surface area contributed by atoms with E-state index in [1.807, 2.05) is 0 Å². The summed E-state index contributed by atoms with van der Waals surface area (Å²) >= 11 is 0. The van der Waals surface area contributed by atoms with Crippen LogP contribution in [-0.2, 0) is 0 Å². The zero-order chi connectivity index (χ0) is 14.4. The Hall–Kier alpha value is -1.62. The van der Waals surface area contributed by atoms with Gasteiger partial charge in [-0.15, -0.1) is 0 Å². The zero-order valence-electron chi connectivity index (χ0n) is 12.2. The molecule has 106 valence electrons. The summed E-state index contributed by atoms with van der Waals surface area (Å²) in [6.45, 7) is 5.35. The standard InChI is InChI=1S/C14H24N4O/c1-10(2)7-12(9-18(3)4)17-13-6-5-11(8-16-13)14(15)19/h5-6,8,10,12H,7,9H2,1-4H3,(H2,15,19)(H,16,17). The van der Waals surface area contributed by atoms with Crippen LogP contribution in [0.2, 0.25) is 0 Å². The molecule has 5 heteroatoms. The summed E-state index contributed by atoms with van der Waals surface area (Å²) < 4.78 is 0. The largest absolute Gasteiger partial charge is 0.366 e. The van der Waals surface area contributed by atoms with Crippen molar-refractivity contribution >= 4 is 11.7 Å². The average Bonchev–Trinajstić information content (AvgIpc) is 2.27. The molecule has 5 nitrogen and oxygen atoms in total. The highest BCUT2D eigenvalue weighted by molar-refractivity contribution is 5.92. The minimum Gasteiger partial charge on any atom is -0.366 e. The minimum absolute atomic E-state index is 0.335. The van der Waals surface area contributed by atoms with E-state index in [-0.39, 0.29) is 0 Å². The quantitative estimate of drug-likeness (QED) is 0.784. The van der Waals surface area contributed by atoms with Crippen molar-refractivity contribution in [1.29, 1.82) is 0 Å². The molecule has 0 aliphatic carbocycles. The lowest BCUT2D eigenvalue weighted by Gasteiger charge is -2.24. The molecule has 1 heterocycles. The predicted octanol–water partition coefficient (Wildman–Crippen LogP) is 1.57. The van der Waals surface area contributed by atoms with Crippen LogP contribution in [0.5, 0.6) is 0 Å². The van der Waals surface area contributed by atoms with Crippen molar-refractivity contribution < 1.29 is 4.79 Å². The van der Waals surface area contributed by atoms with Gasteiger partial charge < -0.3 is 16.0 Å². The molecule has 1 atom stereocenters. The molecule has 1 amide bonds. The highest BCUT2D eigenvalue weighted by Crippen LogP contribution is 2.12. The van der Waals surface area contributed by atoms with Crippen LogP contribution in [0, 0.1) is 5.92 Å². The number of pyridine rings is 1. The van der Waals surface area contributed by atoms with Crippen molar-refractivity contribution in [2.45, 2.75) is 26.3 Å². The van der Waals surface area contributed by atoms with E-state index in [2.05, 4.69) is 43.1 Å². The summed E-state index contributed by atoms with van der Waals surface area (Å²) in [6.07, 6.45) is 2.57. The molecule has 0 saturated carbocycles. The summed E-state index contributed by atoms with van der Waals surface area (Å²) in [5.74, 6) is 0.936. The van der Waals surface area contributed by atoms with Gasteiger partial charge in [-0.2, -0.15) is 0 Å². The number of anilines is 1. The van der Waals surface area contributed by atoms with Gasteiger partial charge in [-0.1, -0.05) is 13.8 Å². The van der Waals surface area contributed by atoms with Gasteiger partial charge in [-0.05, 0) is 38.6 Å². The Morgan fingerprint density at radius 2 is 2.11 bits per heavy atom. The topological polar surface area (TPSA) is 71.2 Å². The van der Waals surface area contributed by atoms with E-state index in [0.29, 0.717) is 17.5 Å². The van der Waals surface area contributed by atoms with Crippen LogP contribution >= 0.6 is 0 Å². The van der Waals surface area contributed by atoms with E-state index >= 15 is 0 Å². The van der Waals surface area contributed by atoms with Gasteiger partial charge in [-0.3, -0.25) is 4.79 Å². The Bertz CT molecular complexity index is 390. The maximum Gasteiger partial charge on any atom is 0.250 e. The first-order valence-electron chi connectivity index (χ1n) is 6.55. The maximum atomic E-state index is 11.0. The van der Waals surface area contributed by atoms with Crippen molar-refractivity contribution in [3.8, 4) is 0 Å². The van der Waals surface area contributed by atoms with Crippen molar-refractivity contribution in [3.63, 3.8) is 0 Å². The van der Waals surface area contributed by atoms with Crippen LogP contribution < -0.4 is 11.1 Å². The van der Waals surface area contributed by atoms with Crippen LogP contribution in [0.4, 0.5) is 5.82 Å². The second-order valence-corrected chi connectivity index (χ2v) is 5.53. The van der Waals surface area contributed by atoms with E-state index in [1.54, 1.807) is 12.1 Å². The van der Waals surface area contributed by atoms with Crippen LogP contribution in [0.15, 0.2) is 18.3 Å². The molecule has 0 aliphatic rings. The van der Waals surface area contributed by atoms with Gasteiger partial charge >= 0.3 is 0 Å². The molecule has 3 N–H and O–H groups in total. The summed E-state index contributed by atoms with van der Waals surface area (Å²) in [4.78, 5) is 17.4. The van der Waals surface area contributed by atoms with E-state index in [4.69, 9.17) is 5.73 Å². The first-order valence-corrected chi connectivity index (χ1v) is 6.55. The second-order valence-electron chi connectivity index (χ2n) is 5.53. The molecule has 19 heavy (non-hydrogen) atoms. The summed E-state index contributed by atoms with van der Waals surface area (Å²) in [7, 11) is 4.11. The molecule has 0 radical (unpaired) electrons. The van der Waals surface area contributed by atoms with E-state index in [9.17, 15) is 4.79 Å². The smallest absolute Gasteiger partial charge is 0.250 e. The van der Waals surface area contributed by atoms with Crippen LogP contribution in [-0.4, -0.2) is 42.5 Å². The van der Waals surface area contributed by atoms with Crippen molar-refractivity contribution in [2.75, 3.05) is 26.0 Å². The number of nitrogens with two attached hydrogens (primary N) is 1. The third-order valence-corrected chi connectivity index (χ3v) is 2.74. The lowest BCUT2D eigenvalue weighted by atomic mass is 10.0. The SMILES string of the molecule is CC(C)CC(CN(C)C)Nc1ccc(C(N)=O)cn1. The maximum absolute atomic E-state index is 11.0. The Kier molecular flexibility index (Phi) is 5.76. The molecular weight excluding hydrogens is 240 g/mol. The van der Waals surface area contributed by atoms with Gasteiger partial charge in [0, 0.05) is 18.8 Å². The van der Waals surface area contributed by atoms with Gasteiger partial charge in [0.25, 0.3) is 0 Å². The summed E-state index contributed by atoms with van der Waals surface area (Å²) in [6, 6.07) is 3.82. The van der Waals surface area contributed by atoms with E-state index < -0.39 is 5.91 Å². The Labute approximate surface area is 115 Å². The Morgan fingerprint density at radius 3 is 2.53 bits per heavy atom. The molecule has 1 aromatic heterocycles. The van der Waals surface area contributed by atoms with E-state index in [0.717, 1.165) is 18.8 Å².